The average molecular weight is 324 g/mol. The maximum Gasteiger partial charge on any atom is 0.269 e. The first-order valence-corrected chi connectivity index (χ1v) is 8.50. The number of rotatable bonds is 1. The molecule has 1 aromatic heterocycles. The molecule has 1 amide bonds. The Balaban J connectivity index is 0.000000987. The number of carbonyl (C=O) groups excluding carboxylic acids is 1. The van der Waals surface area contributed by atoms with Crippen molar-refractivity contribution < 1.29 is 11.0 Å². The third-order valence-corrected chi connectivity index (χ3v) is 3.71. The number of nitrogens with one attached hydrogen (secondary N) is 1. The summed E-state index contributed by atoms with van der Waals surface area (Å²) in [5.41, 5.74) is 1.39. The Morgan fingerprint density at radius 2 is 2.00 bits per heavy atom. The van der Waals surface area contributed by atoms with Crippen LogP contribution in [0.15, 0.2) is 12.1 Å². The summed E-state index contributed by atoms with van der Waals surface area (Å²) in [6, 6.07) is 4.06. The molecule has 0 radical (unpaired) electrons. The Bertz CT molecular complexity index is 513. The Kier molecular flexibility index (Phi) is 7.81. The van der Waals surface area contributed by atoms with Gasteiger partial charge in [-0.3, -0.25) is 4.79 Å². The summed E-state index contributed by atoms with van der Waals surface area (Å²) in [6.07, 6.45) is 0. The SMILES string of the molecule is CC.CC.CNC(=O)c1ccc2c(n1)OCC1CN(C)CCN21.[HH]. The van der Waals surface area contributed by atoms with Crippen LogP contribution in [0.5, 0.6) is 5.88 Å². The van der Waals surface area contributed by atoms with E-state index in [2.05, 4.69) is 27.1 Å². The monoisotopic (exact) mass is 324 g/mol. The van der Waals surface area contributed by atoms with Crippen molar-refractivity contribution in [2.75, 3.05) is 45.2 Å². The zero-order valence-electron chi connectivity index (χ0n) is 15.2. The molecule has 6 heteroatoms. The average Bonchev–Trinajstić information content (AvgIpc) is 2.63. The van der Waals surface area contributed by atoms with Gasteiger partial charge in [-0.25, -0.2) is 4.98 Å². The smallest absolute Gasteiger partial charge is 0.269 e. The zero-order valence-corrected chi connectivity index (χ0v) is 15.2. The van der Waals surface area contributed by atoms with Crippen molar-refractivity contribution in [2.24, 2.45) is 0 Å². The van der Waals surface area contributed by atoms with Gasteiger partial charge >= 0.3 is 0 Å². The lowest BCUT2D eigenvalue weighted by atomic mass is 10.1. The van der Waals surface area contributed by atoms with Crippen molar-refractivity contribution >= 4 is 11.6 Å². The van der Waals surface area contributed by atoms with E-state index in [9.17, 15) is 4.79 Å². The summed E-state index contributed by atoms with van der Waals surface area (Å²) in [6.45, 7) is 11.6. The van der Waals surface area contributed by atoms with Crippen LogP contribution in [0.2, 0.25) is 0 Å². The van der Waals surface area contributed by atoms with Crippen molar-refractivity contribution in [3.8, 4) is 5.88 Å². The lowest BCUT2D eigenvalue weighted by molar-refractivity contribution is 0.0956. The minimum atomic E-state index is -0.188. The topological polar surface area (TPSA) is 57.7 Å². The molecule has 2 aliphatic heterocycles. The van der Waals surface area contributed by atoms with Crippen molar-refractivity contribution in [3.05, 3.63) is 17.8 Å². The van der Waals surface area contributed by atoms with Crippen LogP contribution in [-0.4, -0.2) is 62.2 Å². The normalized spacial score (nSPS) is 18.9. The van der Waals surface area contributed by atoms with Crippen LogP contribution in [-0.2, 0) is 0 Å². The fourth-order valence-corrected chi connectivity index (χ4v) is 2.66. The van der Waals surface area contributed by atoms with E-state index < -0.39 is 0 Å². The van der Waals surface area contributed by atoms with Gasteiger partial charge < -0.3 is 19.9 Å². The Labute approximate surface area is 141 Å². The number of piperazine rings is 1. The number of nitrogens with zero attached hydrogens (tertiary/aromatic N) is 3. The number of anilines is 1. The molecule has 0 aliphatic carbocycles. The second kappa shape index (κ2) is 9.35. The van der Waals surface area contributed by atoms with E-state index >= 15 is 0 Å². The third-order valence-electron chi connectivity index (χ3n) is 3.71. The zero-order chi connectivity index (χ0) is 17.4. The molecule has 23 heavy (non-hydrogen) atoms. The molecule has 2 aliphatic rings. The molecular formula is C17H32N4O2. The minimum absolute atomic E-state index is 0. The van der Waals surface area contributed by atoms with E-state index in [1.165, 1.54) is 0 Å². The predicted octanol–water partition coefficient (Wildman–Crippen LogP) is 2.25. The molecular weight excluding hydrogens is 292 g/mol. The molecule has 132 valence electrons. The van der Waals surface area contributed by atoms with Gasteiger partial charge in [0.05, 0.1) is 6.04 Å². The van der Waals surface area contributed by atoms with Gasteiger partial charge in [-0.2, -0.15) is 0 Å². The van der Waals surface area contributed by atoms with E-state index in [0.29, 0.717) is 24.2 Å². The second-order valence-electron chi connectivity index (χ2n) is 5.02. The van der Waals surface area contributed by atoms with Crippen LogP contribution in [0.1, 0.15) is 39.6 Å². The number of pyridine rings is 1. The Hall–Kier alpha value is -1.82. The van der Waals surface area contributed by atoms with E-state index in [-0.39, 0.29) is 7.33 Å². The first kappa shape index (κ1) is 19.2. The summed E-state index contributed by atoms with van der Waals surface area (Å²) in [5, 5.41) is 2.57. The summed E-state index contributed by atoms with van der Waals surface area (Å²) in [7, 11) is 3.72. The lowest BCUT2D eigenvalue weighted by Gasteiger charge is -2.44. The van der Waals surface area contributed by atoms with Crippen LogP contribution in [0.3, 0.4) is 0 Å². The predicted molar refractivity (Wildman–Crippen MR) is 96.6 cm³/mol. The molecule has 3 heterocycles. The molecule has 1 unspecified atom stereocenters. The van der Waals surface area contributed by atoms with E-state index in [0.717, 1.165) is 25.3 Å². The minimum Gasteiger partial charge on any atom is -0.474 e. The molecule has 0 aromatic carbocycles. The van der Waals surface area contributed by atoms with Gasteiger partial charge in [0, 0.05) is 28.1 Å². The molecule has 0 spiro atoms. The molecule has 1 N–H and O–H groups in total. The van der Waals surface area contributed by atoms with Gasteiger partial charge in [0.2, 0.25) is 5.88 Å². The van der Waals surface area contributed by atoms with Crippen molar-refractivity contribution in [1.29, 1.82) is 0 Å². The van der Waals surface area contributed by atoms with Gasteiger partial charge in [-0.05, 0) is 19.2 Å². The quantitative estimate of drug-likeness (QED) is 0.858. The number of likely N-dealkylation sites (N-methyl/N-ethyl adjacent to an activating group) is 1. The molecule has 6 nitrogen and oxygen atoms in total. The second-order valence-corrected chi connectivity index (χ2v) is 5.02. The number of ether oxygens (including phenoxy) is 1. The summed E-state index contributed by atoms with van der Waals surface area (Å²) in [5.74, 6) is 0.383. The highest BCUT2D eigenvalue weighted by molar-refractivity contribution is 5.92. The molecule has 1 saturated heterocycles. The number of amides is 1. The Morgan fingerprint density at radius 3 is 2.65 bits per heavy atom. The fourth-order valence-electron chi connectivity index (χ4n) is 2.66. The number of fused-ring (bicyclic) bond motifs is 3. The highest BCUT2D eigenvalue weighted by Gasteiger charge is 2.32. The van der Waals surface area contributed by atoms with Crippen LogP contribution in [0, 0.1) is 0 Å². The van der Waals surface area contributed by atoms with Gasteiger partial charge in [0.15, 0.2) is 0 Å². The van der Waals surface area contributed by atoms with Crippen molar-refractivity contribution in [2.45, 2.75) is 33.7 Å². The van der Waals surface area contributed by atoms with Crippen molar-refractivity contribution in [1.82, 2.24) is 15.2 Å². The maximum atomic E-state index is 11.6. The Morgan fingerprint density at radius 1 is 1.30 bits per heavy atom. The van der Waals surface area contributed by atoms with E-state index in [4.69, 9.17) is 4.74 Å². The molecule has 1 atom stereocenters. The molecule has 1 aromatic rings. The third kappa shape index (κ3) is 4.34. The van der Waals surface area contributed by atoms with E-state index in [1.807, 2.05) is 33.8 Å². The molecule has 0 bridgehead atoms. The van der Waals surface area contributed by atoms with Crippen molar-refractivity contribution in [3.63, 3.8) is 0 Å². The van der Waals surface area contributed by atoms with Crippen LogP contribution in [0.4, 0.5) is 5.69 Å². The highest BCUT2D eigenvalue weighted by Crippen LogP contribution is 2.33. The van der Waals surface area contributed by atoms with Gasteiger partial charge in [0.25, 0.3) is 5.91 Å². The largest absolute Gasteiger partial charge is 0.474 e. The van der Waals surface area contributed by atoms with Crippen LogP contribution >= 0.6 is 0 Å². The number of carbonyl (C=O) groups is 1. The number of hydrogen-bond donors (Lipinski definition) is 1. The molecule has 1 fully saturated rings. The fraction of sp³-hybridized carbons (Fsp3) is 0.647. The first-order chi connectivity index (χ1) is 11.2. The van der Waals surface area contributed by atoms with Gasteiger partial charge in [-0.1, -0.05) is 27.7 Å². The molecule has 3 rings (SSSR count). The van der Waals surface area contributed by atoms with Gasteiger partial charge in [-0.15, -0.1) is 0 Å². The van der Waals surface area contributed by atoms with E-state index in [1.54, 1.807) is 13.1 Å². The highest BCUT2D eigenvalue weighted by atomic mass is 16.5. The maximum absolute atomic E-state index is 11.6. The number of aromatic nitrogens is 1. The standard InChI is InChI=1S/C13H18N4O2.2C2H6.H2/c1-14-12(18)10-3-4-11-13(15-10)19-8-9-7-16(2)5-6-17(9)11;2*1-2;/h3-4,9H,5-8H2,1-2H3,(H,14,18);2*1-2H3;1H. The first-order valence-electron chi connectivity index (χ1n) is 8.50. The number of hydrogen-bond acceptors (Lipinski definition) is 5. The summed E-state index contributed by atoms with van der Waals surface area (Å²) >= 11 is 0. The van der Waals surface area contributed by atoms with Gasteiger partial charge in [0.1, 0.15) is 18.0 Å². The summed E-state index contributed by atoms with van der Waals surface area (Å²) < 4.78 is 5.72. The summed E-state index contributed by atoms with van der Waals surface area (Å²) in [4.78, 5) is 20.5. The lowest BCUT2D eigenvalue weighted by Crippen LogP contribution is -2.56. The van der Waals surface area contributed by atoms with Crippen LogP contribution < -0.4 is 15.0 Å². The molecule has 0 saturated carbocycles. The van der Waals surface area contributed by atoms with Crippen LogP contribution in [0.25, 0.3) is 0 Å².